The number of benzene rings is 1. The molecule has 1 rings (SSSR count). The van der Waals surface area contributed by atoms with Crippen LogP contribution in [-0.4, -0.2) is 34.6 Å². The Labute approximate surface area is 120 Å². The van der Waals surface area contributed by atoms with Crippen LogP contribution < -0.4 is 0 Å². The summed E-state index contributed by atoms with van der Waals surface area (Å²) >= 11 is 0. The number of aliphatic carboxylic acids is 1. The molecule has 0 saturated heterocycles. The van der Waals surface area contributed by atoms with Gasteiger partial charge in [-0.25, -0.2) is 0 Å². The summed E-state index contributed by atoms with van der Waals surface area (Å²) in [5.74, 6) is -3.55. The Morgan fingerprint density at radius 1 is 1.24 bits per heavy atom. The molecule has 1 atom stereocenters. The van der Waals surface area contributed by atoms with E-state index in [4.69, 9.17) is 5.11 Å². The highest BCUT2D eigenvalue weighted by molar-refractivity contribution is 5.96. The lowest BCUT2D eigenvalue weighted by atomic mass is 10.1. The number of carboxylic acids is 1. The highest BCUT2D eigenvalue weighted by Gasteiger charge is 2.31. The van der Waals surface area contributed by atoms with Crippen LogP contribution in [0.5, 0.6) is 0 Å². The molecule has 0 saturated carbocycles. The number of halogens is 3. The molecule has 1 unspecified atom stereocenters. The number of alkyl halides is 3. The fourth-order valence-corrected chi connectivity index (χ4v) is 1.71. The summed E-state index contributed by atoms with van der Waals surface area (Å²) in [6.45, 7) is 0.554. The number of hydrogen-bond donors (Lipinski definition) is 1. The molecule has 0 fully saturated rings. The van der Waals surface area contributed by atoms with Gasteiger partial charge < -0.3 is 10.0 Å². The number of nitrogens with zero attached hydrogens (tertiary/aromatic N) is 1. The number of hydrogen-bond acceptors (Lipinski definition) is 2. The van der Waals surface area contributed by atoms with Crippen LogP contribution >= 0.6 is 0 Å². The van der Waals surface area contributed by atoms with Crippen molar-refractivity contribution >= 4 is 11.9 Å². The minimum Gasteiger partial charge on any atom is -0.481 e. The SMILES string of the molecule is CC(C(=O)O)C(=O)N(CCC(F)(F)F)Cc1ccccc1. The molecule has 116 valence electrons. The van der Waals surface area contributed by atoms with Crippen LogP contribution in [0.15, 0.2) is 30.3 Å². The van der Waals surface area contributed by atoms with Crippen molar-refractivity contribution in [3.63, 3.8) is 0 Å². The fraction of sp³-hybridized carbons (Fsp3) is 0.429. The minimum atomic E-state index is -4.40. The summed E-state index contributed by atoms with van der Waals surface area (Å²) in [5, 5.41) is 8.83. The summed E-state index contributed by atoms with van der Waals surface area (Å²) in [5.41, 5.74) is 0.644. The van der Waals surface area contributed by atoms with Crippen LogP contribution in [-0.2, 0) is 16.1 Å². The Bertz CT molecular complexity index is 488. The van der Waals surface area contributed by atoms with Crippen molar-refractivity contribution in [2.24, 2.45) is 5.92 Å². The molecule has 0 aliphatic carbocycles. The van der Waals surface area contributed by atoms with E-state index in [9.17, 15) is 22.8 Å². The van der Waals surface area contributed by atoms with Gasteiger partial charge in [-0.3, -0.25) is 9.59 Å². The molecule has 0 radical (unpaired) electrons. The Morgan fingerprint density at radius 3 is 2.29 bits per heavy atom. The molecule has 4 nitrogen and oxygen atoms in total. The quantitative estimate of drug-likeness (QED) is 0.822. The first-order valence-electron chi connectivity index (χ1n) is 6.33. The monoisotopic (exact) mass is 303 g/mol. The molecule has 1 N–H and O–H groups in total. The fourth-order valence-electron chi connectivity index (χ4n) is 1.71. The summed E-state index contributed by atoms with van der Waals surface area (Å²) in [6.07, 6.45) is -5.57. The molecule has 0 aromatic heterocycles. The summed E-state index contributed by atoms with van der Waals surface area (Å²) in [7, 11) is 0. The first-order chi connectivity index (χ1) is 9.70. The largest absolute Gasteiger partial charge is 0.481 e. The van der Waals surface area contributed by atoms with Gasteiger partial charge in [0.25, 0.3) is 0 Å². The highest BCUT2D eigenvalue weighted by atomic mass is 19.4. The number of rotatable bonds is 6. The van der Waals surface area contributed by atoms with E-state index in [-0.39, 0.29) is 6.54 Å². The topological polar surface area (TPSA) is 57.6 Å². The van der Waals surface area contributed by atoms with Crippen molar-refractivity contribution in [3.8, 4) is 0 Å². The highest BCUT2D eigenvalue weighted by Crippen LogP contribution is 2.21. The molecule has 0 heterocycles. The third-order valence-corrected chi connectivity index (χ3v) is 2.93. The van der Waals surface area contributed by atoms with E-state index in [0.717, 1.165) is 11.8 Å². The second-order valence-electron chi connectivity index (χ2n) is 4.67. The molecule has 1 amide bonds. The maximum atomic E-state index is 12.3. The van der Waals surface area contributed by atoms with E-state index in [1.54, 1.807) is 30.3 Å². The van der Waals surface area contributed by atoms with E-state index in [0.29, 0.717) is 5.56 Å². The lowest BCUT2D eigenvalue weighted by Gasteiger charge is -2.25. The van der Waals surface area contributed by atoms with Crippen molar-refractivity contribution < 1.29 is 27.9 Å². The van der Waals surface area contributed by atoms with Crippen LogP contribution in [0.2, 0.25) is 0 Å². The maximum absolute atomic E-state index is 12.3. The Kier molecular flexibility index (Phi) is 5.75. The number of carboxylic acid groups (broad SMARTS) is 1. The van der Waals surface area contributed by atoms with Crippen LogP contribution in [0.3, 0.4) is 0 Å². The van der Waals surface area contributed by atoms with E-state index in [1.807, 2.05) is 0 Å². The van der Waals surface area contributed by atoms with E-state index in [1.165, 1.54) is 0 Å². The van der Waals surface area contributed by atoms with Gasteiger partial charge in [0.05, 0.1) is 6.42 Å². The summed E-state index contributed by atoms with van der Waals surface area (Å²) in [4.78, 5) is 23.7. The zero-order valence-electron chi connectivity index (χ0n) is 11.4. The van der Waals surface area contributed by atoms with Crippen molar-refractivity contribution in [3.05, 3.63) is 35.9 Å². The second-order valence-corrected chi connectivity index (χ2v) is 4.67. The normalized spacial score (nSPS) is 12.8. The summed E-state index contributed by atoms with van der Waals surface area (Å²) in [6, 6.07) is 8.47. The van der Waals surface area contributed by atoms with Crippen molar-refractivity contribution in [1.82, 2.24) is 4.90 Å². The predicted molar refractivity (Wildman–Crippen MR) is 69.3 cm³/mol. The average Bonchev–Trinajstić information content (AvgIpc) is 2.41. The van der Waals surface area contributed by atoms with Crippen LogP contribution in [0.1, 0.15) is 18.9 Å². The van der Waals surface area contributed by atoms with Crippen molar-refractivity contribution in [2.75, 3.05) is 6.54 Å². The molecule has 1 aromatic rings. The Morgan fingerprint density at radius 2 is 1.81 bits per heavy atom. The zero-order valence-corrected chi connectivity index (χ0v) is 11.4. The molecule has 0 aliphatic rings. The van der Waals surface area contributed by atoms with E-state index < -0.39 is 36.9 Å². The number of carbonyl (C=O) groups excluding carboxylic acids is 1. The van der Waals surface area contributed by atoms with E-state index >= 15 is 0 Å². The molecular formula is C14H16F3NO3. The first-order valence-corrected chi connectivity index (χ1v) is 6.33. The van der Waals surface area contributed by atoms with Crippen molar-refractivity contribution in [1.29, 1.82) is 0 Å². The third-order valence-electron chi connectivity index (χ3n) is 2.93. The predicted octanol–water partition coefficient (Wildman–Crippen LogP) is 2.69. The molecule has 7 heteroatoms. The molecule has 0 spiro atoms. The molecule has 1 aromatic carbocycles. The first kappa shape index (κ1) is 17.0. The van der Waals surface area contributed by atoms with Gasteiger partial charge >= 0.3 is 12.1 Å². The molecule has 21 heavy (non-hydrogen) atoms. The molecular weight excluding hydrogens is 287 g/mol. The number of carbonyl (C=O) groups is 2. The van der Waals surface area contributed by atoms with Gasteiger partial charge in [0.1, 0.15) is 5.92 Å². The molecule has 0 aliphatic heterocycles. The van der Waals surface area contributed by atoms with Crippen LogP contribution in [0, 0.1) is 5.92 Å². The lowest BCUT2D eigenvalue weighted by Crippen LogP contribution is -2.39. The van der Waals surface area contributed by atoms with E-state index in [2.05, 4.69) is 0 Å². The smallest absolute Gasteiger partial charge is 0.390 e. The number of amides is 1. The van der Waals surface area contributed by atoms with Gasteiger partial charge in [-0.2, -0.15) is 13.2 Å². The van der Waals surface area contributed by atoms with Gasteiger partial charge in [0.15, 0.2) is 0 Å². The Balaban J connectivity index is 2.84. The standard InChI is InChI=1S/C14H16F3NO3/c1-10(13(20)21)12(19)18(8-7-14(15,16)17)9-11-5-3-2-4-6-11/h2-6,10H,7-9H2,1H3,(H,20,21). The van der Waals surface area contributed by atoms with Crippen LogP contribution in [0.4, 0.5) is 13.2 Å². The maximum Gasteiger partial charge on any atom is 0.390 e. The van der Waals surface area contributed by atoms with Crippen LogP contribution in [0.25, 0.3) is 0 Å². The lowest BCUT2D eigenvalue weighted by molar-refractivity contribution is -0.154. The summed E-state index contributed by atoms with van der Waals surface area (Å²) < 4.78 is 37.0. The van der Waals surface area contributed by atoms with Gasteiger partial charge in [0.2, 0.25) is 5.91 Å². The van der Waals surface area contributed by atoms with Gasteiger partial charge in [-0.1, -0.05) is 30.3 Å². The second kappa shape index (κ2) is 7.10. The molecule has 0 bridgehead atoms. The van der Waals surface area contributed by atoms with Gasteiger partial charge in [0, 0.05) is 13.1 Å². The van der Waals surface area contributed by atoms with Crippen molar-refractivity contribution in [2.45, 2.75) is 26.1 Å². The Hall–Kier alpha value is -2.05. The average molecular weight is 303 g/mol. The minimum absolute atomic E-state index is 0.0482. The zero-order chi connectivity index (χ0) is 16.0. The van der Waals surface area contributed by atoms with Gasteiger partial charge in [-0.15, -0.1) is 0 Å². The van der Waals surface area contributed by atoms with Gasteiger partial charge in [-0.05, 0) is 12.5 Å². The third kappa shape index (κ3) is 5.85.